The normalized spacial score (nSPS) is 12.8. The number of ether oxygens (including phenoxy) is 1. The third kappa shape index (κ3) is 7.84. The predicted molar refractivity (Wildman–Crippen MR) is 199 cm³/mol. The van der Waals surface area contributed by atoms with E-state index in [0.29, 0.717) is 40.9 Å². The lowest BCUT2D eigenvalue weighted by Gasteiger charge is -2.28. The van der Waals surface area contributed by atoms with Crippen LogP contribution in [0.4, 0.5) is 5.69 Å². The van der Waals surface area contributed by atoms with Gasteiger partial charge in [0.2, 0.25) is 5.91 Å². The van der Waals surface area contributed by atoms with Crippen molar-refractivity contribution in [2.24, 2.45) is 13.0 Å². The van der Waals surface area contributed by atoms with Crippen molar-refractivity contribution in [3.8, 4) is 0 Å². The number of fused-ring (bicyclic) bond motifs is 2. The van der Waals surface area contributed by atoms with Gasteiger partial charge in [-0.1, -0.05) is 29.8 Å². The minimum Gasteiger partial charge on any atom is -0.467 e. The summed E-state index contributed by atoms with van der Waals surface area (Å²) in [6, 6.07) is 23.5. The van der Waals surface area contributed by atoms with Crippen molar-refractivity contribution in [1.29, 1.82) is 0 Å². The van der Waals surface area contributed by atoms with Gasteiger partial charge in [-0.05, 0) is 105 Å². The smallest absolute Gasteiger partial charge is 0.354 e. The SMILES string of the molecule is CCN(c1ccc(Cl)cc1CN(Cc1ccco1)C(=O)C1CC1)S(=O)(=O)c1ccc2c(c1)c(C)cn2C.CCOC(=O)c1cc2ccccc2[nH]1. The number of carbonyl (C=O) groups is 2. The first kappa shape index (κ1) is 35.8. The van der Waals surface area contributed by atoms with Crippen molar-refractivity contribution < 1.29 is 27.2 Å². The van der Waals surface area contributed by atoms with Crippen LogP contribution >= 0.6 is 11.6 Å². The molecule has 1 aliphatic carbocycles. The molecular formula is C39H41ClN4O6S. The Hall–Kier alpha value is -5.00. The molecule has 3 aromatic carbocycles. The number of aromatic nitrogens is 2. The van der Waals surface area contributed by atoms with E-state index in [1.54, 1.807) is 67.5 Å². The van der Waals surface area contributed by atoms with E-state index in [1.807, 2.05) is 61.1 Å². The summed E-state index contributed by atoms with van der Waals surface area (Å²) in [7, 11) is -1.95. The highest BCUT2D eigenvalue weighted by Crippen LogP contribution is 2.35. The number of carbonyl (C=O) groups excluding carboxylic acids is 2. The Balaban J connectivity index is 0.000000267. The average Bonchev–Trinajstić information content (AvgIpc) is 3.52. The highest BCUT2D eigenvalue weighted by molar-refractivity contribution is 7.92. The number of nitrogens with zero attached hydrogens (tertiary/aromatic N) is 3. The van der Waals surface area contributed by atoms with Crippen molar-refractivity contribution >= 4 is 61.0 Å². The van der Waals surface area contributed by atoms with Crippen LogP contribution in [0.2, 0.25) is 5.02 Å². The topological polar surface area (TPSA) is 118 Å². The number of aryl methyl sites for hydroxylation is 2. The van der Waals surface area contributed by atoms with Crippen molar-refractivity contribution in [3.05, 3.63) is 119 Å². The van der Waals surface area contributed by atoms with Crippen LogP contribution in [0.15, 0.2) is 101 Å². The van der Waals surface area contributed by atoms with Gasteiger partial charge in [0.05, 0.1) is 30.0 Å². The molecule has 0 unspecified atom stereocenters. The van der Waals surface area contributed by atoms with Crippen LogP contribution in [0, 0.1) is 12.8 Å². The molecule has 1 aliphatic rings. The molecule has 0 atom stereocenters. The van der Waals surface area contributed by atoms with Crippen LogP contribution in [0.3, 0.4) is 0 Å². The Kier molecular flexibility index (Phi) is 10.6. The second-order valence-corrected chi connectivity index (χ2v) is 14.9. The van der Waals surface area contributed by atoms with Crippen molar-refractivity contribution in [1.82, 2.24) is 14.5 Å². The number of furan rings is 1. The van der Waals surface area contributed by atoms with Crippen molar-refractivity contribution in [2.45, 2.75) is 51.6 Å². The van der Waals surface area contributed by atoms with Gasteiger partial charge in [-0.15, -0.1) is 0 Å². The molecule has 1 saturated carbocycles. The fourth-order valence-electron chi connectivity index (χ4n) is 6.24. The van der Waals surface area contributed by atoms with Gasteiger partial charge in [-0.2, -0.15) is 0 Å². The number of amides is 1. The fraction of sp³-hybridized carbons (Fsp3) is 0.282. The molecule has 10 nitrogen and oxygen atoms in total. The average molecular weight is 729 g/mol. The van der Waals surface area contributed by atoms with Crippen LogP contribution < -0.4 is 4.31 Å². The number of anilines is 1. The number of hydrogen-bond acceptors (Lipinski definition) is 6. The van der Waals surface area contributed by atoms with E-state index < -0.39 is 10.0 Å². The molecule has 0 aliphatic heterocycles. The zero-order valence-electron chi connectivity index (χ0n) is 29.1. The van der Waals surface area contributed by atoms with Crippen LogP contribution in [-0.2, 0) is 39.7 Å². The maximum Gasteiger partial charge on any atom is 0.354 e. The molecule has 1 N–H and O–H groups in total. The summed E-state index contributed by atoms with van der Waals surface area (Å²) in [6.07, 6.45) is 5.30. The summed E-state index contributed by atoms with van der Waals surface area (Å²) in [5, 5.41) is 2.40. The standard InChI is InChI=1S/C28H30ClN3O4S.C11H11NO2/c1-4-32(37(34,35)24-10-12-27-25(15-24)19(2)16-30(27)3)26-11-9-22(29)14-21(26)17-31(28(33)20-7-8-20)18-23-6-5-13-36-23;1-2-14-11(13)10-7-8-5-3-4-6-9(8)12-10/h5-6,9-16,20H,4,7-8,17-18H2,1-3H3;3-7,12H,2H2,1H3. The first-order chi connectivity index (χ1) is 24.5. The second-order valence-electron chi connectivity index (χ2n) is 12.6. The van der Waals surface area contributed by atoms with Gasteiger partial charge < -0.3 is 23.6 Å². The summed E-state index contributed by atoms with van der Waals surface area (Å²) in [4.78, 5) is 29.5. The molecule has 1 amide bonds. The number of esters is 1. The lowest BCUT2D eigenvalue weighted by molar-refractivity contribution is -0.134. The Morgan fingerprint density at radius 2 is 1.78 bits per heavy atom. The molecule has 0 bridgehead atoms. The van der Waals surface area contributed by atoms with Gasteiger partial charge in [0.15, 0.2) is 0 Å². The van der Waals surface area contributed by atoms with Gasteiger partial charge in [-0.3, -0.25) is 9.10 Å². The molecule has 7 rings (SSSR count). The summed E-state index contributed by atoms with van der Waals surface area (Å²) < 4.78 is 41.7. The molecule has 6 aromatic rings. The van der Waals surface area contributed by atoms with E-state index in [1.165, 1.54) is 4.31 Å². The largest absolute Gasteiger partial charge is 0.467 e. The monoisotopic (exact) mass is 728 g/mol. The van der Waals surface area contributed by atoms with Gasteiger partial charge in [0.25, 0.3) is 10.0 Å². The number of nitrogens with one attached hydrogen (secondary N) is 1. The number of hydrogen-bond donors (Lipinski definition) is 1. The second kappa shape index (κ2) is 15.1. The van der Waals surface area contributed by atoms with Crippen LogP contribution in [0.1, 0.15) is 54.1 Å². The van der Waals surface area contributed by atoms with E-state index in [9.17, 15) is 18.0 Å². The summed E-state index contributed by atoms with van der Waals surface area (Å²) >= 11 is 6.37. The maximum atomic E-state index is 13.9. The van der Waals surface area contributed by atoms with Crippen molar-refractivity contribution in [2.75, 3.05) is 17.5 Å². The third-order valence-corrected chi connectivity index (χ3v) is 11.0. The number of para-hydroxylation sites is 1. The molecule has 0 saturated heterocycles. The number of H-pyrrole nitrogens is 1. The van der Waals surface area contributed by atoms with Crippen LogP contribution in [-0.4, -0.2) is 47.9 Å². The maximum absolute atomic E-state index is 13.9. The first-order valence-electron chi connectivity index (χ1n) is 16.9. The van der Waals surface area contributed by atoms with Crippen molar-refractivity contribution in [3.63, 3.8) is 0 Å². The van der Waals surface area contributed by atoms with E-state index >= 15 is 0 Å². The highest BCUT2D eigenvalue weighted by Gasteiger charge is 2.35. The molecule has 0 radical (unpaired) electrons. The zero-order valence-corrected chi connectivity index (χ0v) is 30.6. The van der Waals surface area contributed by atoms with E-state index in [0.717, 1.165) is 40.2 Å². The number of sulfonamides is 1. The summed E-state index contributed by atoms with van der Waals surface area (Å²) in [5.41, 5.74) is 4.61. The minimum atomic E-state index is -3.89. The third-order valence-electron chi connectivity index (χ3n) is 8.90. The molecule has 51 heavy (non-hydrogen) atoms. The highest BCUT2D eigenvalue weighted by atomic mass is 35.5. The Morgan fingerprint density at radius 3 is 2.47 bits per heavy atom. The number of aromatic amines is 1. The first-order valence-corrected chi connectivity index (χ1v) is 18.7. The van der Waals surface area contributed by atoms with E-state index in [4.69, 9.17) is 20.8 Å². The Bertz CT molecular complexity index is 2260. The molecule has 3 heterocycles. The van der Waals surface area contributed by atoms with Crippen LogP contribution in [0.25, 0.3) is 21.8 Å². The number of rotatable bonds is 11. The fourth-order valence-corrected chi connectivity index (χ4v) is 7.97. The summed E-state index contributed by atoms with van der Waals surface area (Å²) in [5.74, 6) is 0.412. The molecule has 1 fully saturated rings. The quantitative estimate of drug-likeness (QED) is 0.134. The molecule has 12 heteroatoms. The number of halogens is 1. The molecule has 0 spiro atoms. The Morgan fingerprint density at radius 1 is 1.00 bits per heavy atom. The zero-order chi connectivity index (χ0) is 36.3. The van der Waals surface area contributed by atoms with E-state index in [2.05, 4.69) is 4.98 Å². The van der Waals surface area contributed by atoms with Gasteiger partial charge >= 0.3 is 5.97 Å². The van der Waals surface area contributed by atoms with Gasteiger partial charge in [-0.25, -0.2) is 13.2 Å². The molecule has 266 valence electrons. The molecular weight excluding hydrogens is 688 g/mol. The van der Waals surface area contributed by atoms with E-state index in [-0.39, 0.29) is 35.8 Å². The predicted octanol–water partition coefficient (Wildman–Crippen LogP) is 8.23. The summed E-state index contributed by atoms with van der Waals surface area (Å²) in [6.45, 7) is 6.70. The minimum absolute atomic E-state index is 0.00412. The molecule has 3 aromatic heterocycles. The Labute approximate surface area is 302 Å². The van der Waals surface area contributed by atoms with Gasteiger partial charge in [0.1, 0.15) is 11.5 Å². The van der Waals surface area contributed by atoms with Gasteiger partial charge in [0, 0.05) is 59.1 Å². The number of benzene rings is 3. The van der Waals surface area contributed by atoms with Crippen LogP contribution in [0.5, 0.6) is 0 Å². The lowest BCUT2D eigenvalue weighted by Crippen LogP contribution is -2.34. The lowest BCUT2D eigenvalue weighted by atomic mass is 10.1.